The number of benzene rings is 2. The molecule has 0 saturated heterocycles. The molecule has 3 N–H and O–H groups in total. The number of aromatic nitrogens is 2. The van der Waals surface area contributed by atoms with Crippen molar-refractivity contribution in [2.24, 2.45) is 5.73 Å². The lowest BCUT2D eigenvalue weighted by atomic mass is 10.0. The van der Waals surface area contributed by atoms with Gasteiger partial charge in [-0.05, 0) is 24.3 Å². The van der Waals surface area contributed by atoms with E-state index >= 15 is 4.39 Å². The van der Waals surface area contributed by atoms with Gasteiger partial charge in [-0.1, -0.05) is 36.4 Å². The van der Waals surface area contributed by atoms with Gasteiger partial charge in [0, 0.05) is 34.6 Å². The molecule has 1 amide bonds. The molecule has 0 radical (unpaired) electrons. The Labute approximate surface area is 154 Å². The van der Waals surface area contributed by atoms with Gasteiger partial charge >= 0.3 is 0 Å². The number of nitrogens with zero attached hydrogens (tertiary/aromatic N) is 2. The molecule has 132 valence electrons. The summed E-state index contributed by atoms with van der Waals surface area (Å²) in [6, 6.07) is 17.3. The van der Waals surface area contributed by atoms with Crippen molar-refractivity contribution in [3.8, 4) is 11.3 Å². The van der Waals surface area contributed by atoms with E-state index in [4.69, 9.17) is 5.73 Å². The quantitative estimate of drug-likeness (QED) is 0.571. The fourth-order valence-corrected chi connectivity index (χ4v) is 2.97. The summed E-state index contributed by atoms with van der Waals surface area (Å²) in [5.74, 6) is -1.19. The minimum absolute atomic E-state index is 0.0691. The second-order valence-corrected chi connectivity index (χ2v) is 5.94. The van der Waals surface area contributed by atoms with Crippen LogP contribution < -0.4 is 11.1 Å². The van der Waals surface area contributed by atoms with Crippen LogP contribution in [0.25, 0.3) is 22.2 Å². The van der Waals surface area contributed by atoms with Crippen molar-refractivity contribution in [3.63, 3.8) is 0 Å². The van der Waals surface area contributed by atoms with Gasteiger partial charge < -0.3 is 11.1 Å². The summed E-state index contributed by atoms with van der Waals surface area (Å²) in [6.45, 7) is 0. The molecule has 0 aliphatic heterocycles. The molecule has 2 heterocycles. The zero-order valence-corrected chi connectivity index (χ0v) is 14.2. The molecule has 2 aromatic carbocycles. The van der Waals surface area contributed by atoms with E-state index in [1.165, 1.54) is 0 Å². The summed E-state index contributed by atoms with van der Waals surface area (Å²) in [7, 11) is 0. The summed E-state index contributed by atoms with van der Waals surface area (Å²) >= 11 is 0. The number of halogens is 1. The Morgan fingerprint density at radius 1 is 0.963 bits per heavy atom. The maximum atomic E-state index is 15.5. The smallest absolute Gasteiger partial charge is 0.249 e. The number of para-hydroxylation sites is 1. The number of rotatable bonds is 4. The number of anilines is 2. The highest BCUT2D eigenvalue weighted by Crippen LogP contribution is 2.35. The second-order valence-electron chi connectivity index (χ2n) is 5.94. The van der Waals surface area contributed by atoms with E-state index < -0.39 is 11.7 Å². The maximum absolute atomic E-state index is 15.5. The van der Waals surface area contributed by atoms with Crippen molar-refractivity contribution in [2.45, 2.75) is 0 Å². The summed E-state index contributed by atoms with van der Waals surface area (Å²) in [4.78, 5) is 20.2. The number of nitrogens with one attached hydrogen (secondary N) is 1. The van der Waals surface area contributed by atoms with Crippen LogP contribution in [0.2, 0.25) is 0 Å². The van der Waals surface area contributed by atoms with Crippen molar-refractivity contribution >= 4 is 28.2 Å². The third-order valence-electron chi connectivity index (χ3n) is 4.23. The predicted molar refractivity (Wildman–Crippen MR) is 103 cm³/mol. The number of nitrogens with two attached hydrogens (primary N) is 1. The van der Waals surface area contributed by atoms with Crippen LogP contribution in [-0.2, 0) is 0 Å². The molecule has 0 bridgehead atoms. The van der Waals surface area contributed by atoms with E-state index in [1.54, 1.807) is 60.9 Å². The van der Waals surface area contributed by atoms with Gasteiger partial charge in [-0.3, -0.25) is 9.78 Å². The zero-order valence-electron chi connectivity index (χ0n) is 14.2. The second kappa shape index (κ2) is 6.84. The van der Waals surface area contributed by atoms with Crippen molar-refractivity contribution in [2.75, 3.05) is 5.32 Å². The number of carbonyl (C=O) groups excluding carboxylic acids is 1. The van der Waals surface area contributed by atoms with Crippen molar-refractivity contribution in [1.82, 2.24) is 9.97 Å². The van der Waals surface area contributed by atoms with Crippen LogP contribution in [0.5, 0.6) is 0 Å². The van der Waals surface area contributed by atoms with Crippen LogP contribution in [-0.4, -0.2) is 15.9 Å². The van der Waals surface area contributed by atoms with E-state index in [0.717, 1.165) is 0 Å². The molecule has 0 aliphatic rings. The van der Waals surface area contributed by atoms with Crippen molar-refractivity contribution in [3.05, 3.63) is 84.4 Å². The summed E-state index contributed by atoms with van der Waals surface area (Å²) < 4.78 is 15.5. The monoisotopic (exact) mass is 358 g/mol. The van der Waals surface area contributed by atoms with Gasteiger partial charge in [-0.15, -0.1) is 0 Å². The lowest BCUT2D eigenvalue weighted by molar-refractivity contribution is 0.100. The molecular formula is C21H15FN4O. The van der Waals surface area contributed by atoms with Gasteiger partial charge in [-0.25, -0.2) is 9.37 Å². The fraction of sp³-hybridized carbons (Fsp3) is 0. The lowest BCUT2D eigenvalue weighted by Crippen LogP contribution is -2.13. The maximum Gasteiger partial charge on any atom is 0.249 e. The van der Waals surface area contributed by atoms with E-state index in [2.05, 4.69) is 15.3 Å². The summed E-state index contributed by atoms with van der Waals surface area (Å²) in [5.41, 5.74) is 7.67. The first-order chi connectivity index (χ1) is 13.1. The van der Waals surface area contributed by atoms with Crippen molar-refractivity contribution in [1.29, 1.82) is 0 Å². The lowest BCUT2D eigenvalue weighted by Gasteiger charge is -2.15. The van der Waals surface area contributed by atoms with E-state index in [-0.39, 0.29) is 16.9 Å². The number of fused-ring (bicyclic) bond motifs is 1. The Morgan fingerprint density at radius 3 is 2.44 bits per heavy atom. The molecule has 0 spiro atoms. The first kappa shape index (κ1) is 16.7. The number of hydrogen-bond acceptors (Lipinski definition) is 4. The Kier molecular flexibility index (Phi) is 4.22. The molecule has 4 rings (SSSR count). The Morgan fingerprint density at radius 2 is 1.67 bits per heavy atom. The Balaban J connectivity index is 1.98. The van der Waals surface area contributed by atoms with Crippen LogP contribution in [0.15, 0.2) is 73.1 Å². The molecule has 0 saturated carbocycles. The van der Waals surface area contributed by atoms with Crippen LogP contribution in [0.1, 0.15) is 10.4 Å². The first-order valence-corrected chi connectivity index (χ1v) is 8.29. The van der Waals surface area contributed by atoms with Crippen LogP contribution in [0, 0.1) is 5.82 Å². The van der Waals surface area contributed by atoms with Gasteiger partial charge in [0.15, 0.2) is 5.82 Å². The highest BCUT2D eigenvalue weighted by Gasteiger charge is 2.20. The Bertz CT molecular complexity index is 1150. The minimum Gasteiger partial charge on any atom is -0.366 e. The normalized spacial score (nSPS) is 10.7. The SMILES string of the molecule is NC(=O)c1ccccc1-c1nc2ccccc2c(Nc2ccncc2)c1F. The standard InChI is InChI=1S/C21H15FN4O/c22-18-19(14-5-1-2-6-15(14)21(23)27)26-17-8-4-3-7-16(17)20(18)25-13-9-11-24-12-10-13/h1-12H,(H2,23,27)(H,24,25,26). The van der Waals surface area contributed by atoms with Gasteiger partial charge in [0.1, 0.15) is 5.69 Å². The molecule has 27 heavy (non-hydrogen) atoms. The number of primary amides is 1. The number of pyridine rings is 2. The third kappa shape index (κ3) is 3.08. The van der Waals surface area contributed by atoms with Gasteiger partial charge in [-0.2, -0.15) is 0 Å². The third-order valence-corrected chi connectivity index (χ3v) is 4.23. The molecule has 4 aromatic rings. The highest BCUT2D eigenvalue weighted by molar-refractivity contribution is 6.02. The number of carbonyl (C=O) groups is 1. The van der Waals surface area contributed by atoms with Gasteiger partial charge in [0.05, 0.1) is 11.2 Å². The molecule has 0 aliphatic carbocycles. The largest absolute Gasteiger partial charge is 0.366 e. The summed E-state index contributed by atoms with van der Waals surface area (Å²) in [5, 5.41) is 3.73. The first-order valence-electron chi connectivity index (χ1n) is 8.29. The number of hydrogen-bond donors (Lipinski definition) is 2. The van der Waals surface area contributed by atoms with Gasteiger partial charge in [0.25, 0.3) is 0 Å². The van der Waals surface area contributed by atoms with E-state index in [1.807, 2.05) is 12.1 Å². The minimum atomic E-state index is -0.636. The summed E-state index contributed by atoms with van der Waals surface area (Å²) in [6.07, 6.45) is 3.24. The molecule has 6 heteroatoms. The molecule has 5 nitrogen and oxygen atoms in total. The molecule has 2 aromatic heterocycles. The molecule has 0 unspecified atom stereocenters. The van der Waals surface area contributed by atoms with Crippen molar-refractivity contribution < 1.29 is 9.18 Å². The van der Waals surface area contributed by atoms with E-state index in [0.29, 0.717) is 22.2 Å². The molecule has 0 atom stereocenters. The zero-order chi connectivity index (χ0) is 18.8. The predicted octanol–water partition coefficient (Wildman–Crippen LogP) is 4.28. The van der Waals surface area contributed by atoms with Gasteiger partial charge in [0.2, 0.25) is 5.91 Å². The van der Waals surface area contributed by atoms with E-state index in [9.17, 15) is 4.79 Å². The van der Waals surface area contributed by atoms with Crippen LogP contribution in [0.3, 0.4) is 0 Å². The molecule has 0 fully saturated rings. The fourth-order valence-electron chi connectivity index (χ4n) is 2.97. The highest BCUT2D eigenvalue weighted by atomic mass is 19.1. The Hall–Kier alpha value is -3.80. The average Bonchev–Trinajstić information content (AvgIpc) is 2.70. The topological polar surface area (TPSA) is 80.9 Å². The van der Waals surface area contributed by atoms with Crippen LogP contribution >= 0.6 is 0 Å². The van der Waals surface area contributed by atoms with Crippen LogP contribution in [0.4, 0.5) is 15.8 Å². The number of amides is 1. The molecular weight excluding hydrogens is 343 g/mol. The average molecular weight is 358 g/mol.